The van der Waals surface area contributed by atoms with Crippen LogP contribution in [0.4, 0.5) is 0 Å². The fourth-order valence-corrected chi connectivity index (χ4v) is 2.23. The minimum Gasteiger partial charge on any atom is -0.872 e. The molecule has 20 heavy (non-hydrogen) atoms. The molecule has 0 heterocycles. The van der Waals surface area contributed by atoms with E-state index >= 15 is 0 Å². The quantitative estimate of drug-likeness (QED) is 0.655. The minimum atomic E-state index is 0. The van der Waals surface area contributed by atoms with Gasteiger partial charge in [-0.1, -0.05) is 84.6 Å². The maximum absolute atomic E-state index is 12.6. The van der Waals surface area contributed by atoms with Crippen LogP contribution >= 0.6 is 0 Å². The molecule has 0 saturated carbocycles. The Hall–Kier alpha value is -0.488. The fourth-order valence-electron chi connectivity index (χ4n) is 2.23. The second-order valence-electron chi connectivity index (χ2n) is 4.41. The van der Waals surface area contributed by atoms with Gasteiger partial charge in [0.2, 0.25) is 0 Å². The average molecular weight is 378 g/mol. The first-order chi connectivity index (χ1) is 9.36. The Morgan fingerprint density at radius 2 is 0.900 bits per heavy atom. The predicted molar refractivity (Wildman–Crippen MR) is 76.8 cm³/mol. The van der Waals surface area contributed by atoms with Gasteiger partial charge in [-0.3, -0.25) is 0 Å². The van der Waals surface area contributed by atoms with E-state index in [1.54, 1.807) is 0 Å². The summed E-state index contributed by atoms with van der Waals surface area (Å²) < 4.78 is 0. The molecule has 0 radical (unpaired) electrons. The Kier molecular flexibility index (Phi) is 5.96. The molecule has 3 rings (SSSR count). The molecule has 3 aromatic rings. The van der Waals surface area contributed by atoms with Crippen molar-refractivity contribution in [3.8, 4) is 28.0 Å². The van der Waals surface area contributed by atoms with Crippen molar-refractivity contribution >= 4 is 0 Å². The van der Waals surface area contributed by atoms with E-state index in [2.05, 4.69) is 0 Å². The van der Waals surface area contributed by atoms with Crippen LogP contribution in [0.2, 0.25) is 0 Å². The summed E-state index contributed by atoms with van der Waals surface area (Å²) >= 11 is 0. The SMILES string of the molecule is [Cs+].[O-]c1c(-c2ccccc2)cccc1-c1ccccc1. The maximum Gasteiger partial charge on any atom is 1.00 e. The number of hydrogen-bond acceptors (Lipinski definition) is 1. The van der Waals surface area contributed by atoms with Crippen molar-refractivity contribution in [1.82, 2.24) is 0 Å². The fraction of sp³-hybridized carbons (Fsp3) is 0. The van der Waals surface area contributed by atoms with E-state index in [1.807, 2.05) is 78.9 Å². The zero-order chi connectivity index (χ0) is 13.1. The first-order valence-corrected chi connectivity index (χ1v) is 6.27. The molecule has 0 amide bonds. The monoisotopic (exact) mass is 378 g/mol. The van der Waals surface area contributed by atoms with Crippen LogP contribution in [-0.4, -0.2) is 0 Å². The third-order valence-corrected chi connectivity index (χ3v) is 3.18. The van der Waals surface area contributed by atoms with Gasteiger partial charge in [0.05, 0.1) is 0 Å². The van der Waals surface area contributed by atoms with Gasteiger partial charge in [-0.05, 0) is 22.3 Å². The topological polar surface area (TPSA) is 23.1 Å². The molecular weight excluding hydrogens is 365 g/mol. The van der Waals surface area contributed by atoms with Gasteiger partial charge >= 0.3 is 68.9 Å². The van der Waals surface area contributed by atoms with E-state index in [1.165, 1.54) is 0 Å². The summed E-state index contributed by atoms with van der Waals surface area (Å²) in [5.41, 5.74) is 3.43. The summed E-state index contributed by atoms with van der Waals surface area (Å²) in [7, 11) is 0. The molecule has 92 valence electrons. The van der Waals surface area contributed by atoms with Gasteiger partial charge in [0.15, 0.2) is 0 Å². The van der Waals surface area contributed by atoms with E-state index in [-0.39, 0.29) is 74.6 Å². The van der Waals surface area contributed by atoms with Crippen LogP contribution < -0.4 is 74.0 Å². The van der Waals surface area contributed by atoms with Gasteiger partial charge in [-0.25, -0.2) is 0 Å². The Bertz CT molecular complexity index is 621. The maximum atomic E-state index is 12.6. The van der Waals surface area contributed by atoms with E-state index in [0.29, 0.717) is 0 Å². The second kappa shape index (κ2) is 7.50. The smallest absolute Gasteiger partial charge is 0.872 e. The molecule has 2 heteroatoms. The molecule has 0 aliphatic heterocycles. The van der Waals surface area contributed by atoms with Crippen LogP contribution in [0.5, 0.6) is 5.75 Å². The van der Waals surface area contributed by atoms with Crippen LogP contribution in [0, 0.1) is 0 Å². The zero-order valence-corrected chi connectivity index (χ0v) is 17.7. The Balaban J connectivity index is 0.00000147. The van der Waals surface area contributed by atoms with Gasteiger partial charge in [0.1, 0.15) is 0 Å². The molecule has 0 aliphatic rings. The molecule has 0 atom stereocenters. The average Bonchev–Trinajstić information content (AvgIpc) is 2.49. The number of para-hydroxylation sites is 1. The molecule has 3 aromatic carbocycles. The third-order valence-electron chi connectivity index (χ3n) is 3.18. The molecule has 0 N–H and O–H groups in total. The van der Waals surface area contributed by atoms with Gasteiger partial charge in [-0.2, -0.15) is 0 Å². The first kappa shape index (κ1) is 15.9. The normalized spacial score (nSPS) is 9.80. The largest absolute Gasteiger partial charge is 1.00 e. The van der Waals surface area contributed by atoms with Crippen LogP contribution in [0.3, 0.4) is 0 Å². The number of benzene rings is 3. The Morgan fingerprint density at radius 3 is 1.30 bits per heavy atom. The van der Waals surface area contributed by atoms with Crippen molar-refractivity contribution in [2.45, 2.75) is 0 Å². The minimum absolute atomic E-state index is 0. The summed E-state index contributed by atoms with van der Waals surface area (Å²) in [5.74, 6) is 0.0832. The van der Waals surface area contributed by atoms with Crippen molar-refractivity contribution in [2.75, 3.05) is 0 Å². The second-order valence-corrected chi connectivity index (χ2v) is 4.41. The summed E-state index contributed by atoms with van der Waals surface area (Å²) in [6.45, 7) is 0. The summed E-state index contributed by atoms with van der Waals surface area (Å²) in [4.78, 5) is 0. The van der Waals surface area contributed by atoms with Crippen LogP contribution in [0.25, 0.3) is 22.3 Å². The molecule has 0 bridgehead atoms. The van der Waals surface area contributed by atoms with E-state index in [0.717, 1.165) is 22.3 Å². The van der Waals surface area contributed by atoms with Crippen molar-refractivity contribution in [1.29, 1.82) is 0 Å². The molecular formula is C18H13CsO. The van der Waals surface area contributed by atoms with E-state index < -0.39 is 0 Å². The molecule has 0 aromatic heterocycles. The molecule has 0 fully saturated rings. The van der Waals surface area contributed by atoms with Crippen molar-refractivity contribution in [3.63, 3.8) is 0 Å². The van der Waals surface area contributed by atoms with Gasteiger partial charge < -0.3 is 5.11 Å². The van der Waals surface area contributed by atoms with E-state index in [4.69, 9.17) is 0 Å². The van der Waals surface area contributed by atoms with Crippen LogP contribution in [-0.2, 0) is 0 Å². The van der Waals surface area contributed by atoms with Crippen molar-refractivity contribution in [3.05, 3.63) is 78.9 Å². The van der Waals surface area contributed by atoms with Crippen LogP contribution in [0.15, 0.2) is 78.9 Å². The van der Waals surface area contributed by atoms with E-state index in [9.17, 15) is 5.11 Å². The van der Waals surface area contributed by atoms with Crippen LogP contribution in [0.1, 0.15) is 0 Å². The molecule has 0 unspecified atom stereocenters. The zero-order valence-electron chi connectivity index (χ0n) is 11.4. The Morgan fingerprint density at radius 1 is 0.500 bits per heavy atom. The molecule has 1 nitrogen and oxygen atoms in total. The standard InChI is InChI=1S/C18H14O.Cs/c19-18-16(14-8-3-1-4-9-14)12-7-13-17(18)15-10-5-2-6-11-15;/h1-13,19H;/q;+1/p-1. The van der Waals surface area contributed by atoms with Crippen molar-refractivity contribution in [2.24, 2.45) is 0 Å². The Labute approximate surface area is 178 Å². The predicted octanol–water partition coefficient (Wildman–Crippen LogP) is 1.10. The number of rotatable bonds is 2. The summed E-state index contributed by atoms with van der Waals surface area (Å²) in [6, 6.07) is 25.3. The molecule has 0 spiro atoms. The third kappa shape index (κ3) is 3.39. The number of hydrogen-bond donors (Lipinski definition) is 0. The molecule has 0 saturated heterocycles. The van der Waals surface area contributed by atoms with Gasteiger partial charge in [0.25, 0.3) is 0 Å². The van der Waals surface area contributed by atoms with Gasteiger partial charge in [-0.15, -0.1) is 0 Å². The summed E-state index contributed by atoms with van der Waals surface area (Å²) in [5, 5.41) is 12.6. The summed E-state index contributed by atoms with van der Waals surface area (Å²) in [6.07, 6.45) is 0. The van der Waals surface area contributed by atoms with Crippen molar-refractivity contribution < 1.29 is 74.0 Å². The molecule has 0 aliphatic carbocycles. The van der Waals surface area contributed by atoms with Gasteiger partial charge in [0, 0.05) is 0 Å². The first-order valence-electron chi connectivity index (χ1n) is 6.27.